The maximum atomic E-state index is 6.09. The number of halogens is 1. The second-order valence-electron chi connectivity index (χ2n) is 4.66. The molecular weight excluding hydrogens is 288 g/mol. The van der Waals surface area contributed by atoms with Gasteiger partial charge in [-0.2, -0.15) is 9.61 Å². The molecule has 0 aliphatic carbocycles. The highest BCUT2D eigenvalue weighted by Gasteiger charge is 2.12. The lowest BCUT2D eigenvalue weighted by Crippen LogP contribution is -2.05. The molecule has 0 aromatic carbocycles. The van der Waals surface area contributed by atoms with Gasteiger partial charge in [-0.25, -0.2) is 0 Å². The highest BCUT2D eigenvalue weighted by atomic mass is 35.5. The predicted octanol–water partition coefficient (Wildman–Crippen LogP) is 2.74. The van der Waals surface area contributed by atoms with Crippen LogP contribution in [0.4, 0.5) is 5.69 Å². The summed E-state index contributed by atoms with van der Waals surface area (Å²) in [5.41, 5.74) is 2.42. The van der Waals surface area contributed by atoms with Crippen molar-refractivity contribution in [2.75, 3.05) is 5.32 Å². The molecule has 0 atom stereocenters. The van der Waals surface area contributed by atoms with Gasteiger partial charge in [-0.3, -0.25) is 4.98 Å². The molecule has 3 rings (SSSR count). The van der Waals surface area contributed by atoms with Gasteiger partial charge in [-0.1, -0.05) is 24.6 Å². The Bertz CT molecular complexity index is 740. The summed E-state index contributed by atoms with van der Waals surface area (Å²) in [5, 5.41) is 16.3. The number of rotatable bonds is 5. The number of hydrogen-bond acceptors (Lipinski definition) is 5. The minimum atomic E-state index is 0.406. The molecule has 0 aliphatic heterocycles. The van der Waals surface area contributed by atoms with E-state index in [0.29, 0.717) is 17.3 Å². The monoisotopic (exact) mass is 302 g/mol. The zero-order valence-corrected chi connectivity index (χ0v) is 12.4. The summed E-state index contributed by atoms with van der Waals surface area (Å²) >= 11 is 6.09. The minimum absolute atomic E-state index is 0.406. The van der Waals surface area contributed by atoms with E-state index in [-0.39, 0.29) is 0 Å². The molecule has 1 N–H and O–H groups in total. The molecule has 6 nitrogen and oxygen atoms in total. The second kappa shape index (κ2) is 6.05. The van der Waals surface area contributed by atoms with Gasteiger partial charge in [-0.05, 0) is 18.6 Å². The summed E-state index contributed by atoms with van der Waals surface area (Å²) in [4.78, 5) is 4.28. The lowest BCUT2D eigenvalue weighted by molar-refractivity contribution is 0.770. The van der Waals surface area contributed by atoms with E-state index in [1.54, 1.807) is 16.8 Å². The summed E-state index contributed by atoms with van der Waals surface area (Å²) in [6, 6.07) is 7.56. The van der Waals surface area contributed by atoms with E-state index in [2.05, 4.69) is 32.5 Å². The summed E-state index contributed by atoms with van der Waals surface area (Å²) in [7, 11) is 0. The number of aromatic nitrogens is 5. The molecule has 0 unspecified atom stereocenters. The Morgan fingerprint density at radius 3 is 2.95 bits per heavy atom. The molecule has 0 saturated carbocycles. The van der Waals surface area contributed by atoms with Crippen LogP contribution in [-0.4, -0.2) is 24.8 Å². The van der Waals surface area contributed by atoms with Crippen LogP contribution in [0, 0.1) is 0 Å². The summed E-state index contributed by atoms with van der Waals surface area (Å²) in [6.07, 6.45) is 3.56. The fraction of sp³-hybridized carbons (Fsp3) is 0.286. The van der Waals surface area contributed by atoms with Crippen LogP contribution in [0.1, 0.15) is 24.9 Å². The number of nitrogens with one attached hydrogen (secondary N) is 1. The van der Waals surface area contributed by atoms with Crippen LogP contribution in [-0.2, 0) is 13.0 Å². The van der Waals surface area contributed by atoms with Gasteiger partial charge in [0.05, 0.1) is 17.9 Å². The average Bonchev–Trinajstić information content (AvgIpc) is 2.89. The fourth-order valence-electron chi connectivity index (χ4n) is 2.09. The zero-order chi connectivity index (χ0) is 14.7. The minimum Gasteiger partial charge on any atom is -0.376 e. The Balaban J connectivity index is 1.91. The highest BCUT2D eigenvalue weighted by molar-refractivity contribution is 6.29. The molecule has 0 radical (unpaired) electrons. The maximum absolute atomic E-state index is 6.09. The summed E-state index contributed by atoms with van der Waals surface area (Å²) < 4.78 is 1.70. The van der Waals surface area contributed by atoms with E-state index in [1.165, 1.54) is 0 Å². The third-order valence-corrected chi connectivity index (χ3v) is 3.25. The average molecular weight is 303 g/mol. The SMILES string of the molecule is CCCc1nnc2c(NCc3ccccn3)cc(Cl)nn12. The van der Waals surface area contributed by atoms with Crippen molar-refractivity contribution in [3.8, 4) is 0 Å². The summed E-state index contributed by atoms with van der Waals surface area (Å²) in [6.45, 7) is 2.68. The van der Waals surface area contributed by atoms with Crippen molar-refractivity contribution in [1.82, 2.24) is 24.8 Å². The number of hydrogen-bond donors (Lipinski definition) is 1. The molecule has 108 valence electrons. The maximum Gasteiger partial charge on any atom is 0.201 e. The Morgan fingerprint density at radius 1 is 1.29 bits per heavy atom. The van der Waals surface area contributed by atoms with Crippen LogP contribution in [0.5, 0.6) is 0 Å². The third kappa shape index (κ3) is 2.95. The topological polar surface area (TPSA) is 68.0 Å². The molecule has 0 spiro atoms. The molecule has 7 heteroatoms. The molecular formula is C14H15ClN6. The van der Waals surface area contributed by atoms with E-state index in [1.807, 2.05) is 18.2 Å². The first-order chi connectivity index (χ1) is 10.3. The van der Waals surface area contributed by atoms with Gasteiger partial charge in [0.2, 0.25) is 5.65 Å². The Hall–Kier alpha value is -2.21. The molecule has 0 saturated heterocycles. The molecule has 3 aromatic heterocycles. The standard InChI is InChI=1S/C14H15ClN6/c1-2-5-13-18-19-14-11(8-12(15)20-21(13)14)17-9-10-6-3-4-7-16-10/h3-4,6-8,17H,2,5,9H2,1H3. The van der Waals surface area contributed by atoms with Crippen molar-refractivity contribution in [2.24, 2.45) is 0 Å². The van der Waals surface area contributed by atoms with Gasteiger partial charge in [-0.15, -0.1) is 10.2 Å². The van der Waals surface area contributed by atoms with Gasteiger partial charge < -0.3 is 5.32 Å². The lowest BCUT2D eigenvalue weighted by atomic mass is 10.3. The van der Waals surface area contributed by atoms with Crippen LogP contribution in [0.2, 0.25) is 5.15 Å². The van der Waals surface area contributed by atoms with Gasteiger partial charge in [0.15, 0.2) is 11.0 Å². The van der Waals surface area contributed by atoms with Gasteiger partial charge >= 0.3 is 0 Å². The van der Waals surface area contributed by atoms with Crippen LogP contribution < -0.4 is 5.32 Å². The number of fused-ring (bicyclic) bond motifs is 1. The number of nitrogens with zero attached hydrogens (tertiary/aromatic N) is 5. The van der Waals surface area contributed by atoms with Crippen LogP contribution in [0.3, 0.4) is 0 Å². The van der Waals surface area contributed by atoms with E-state index >= 15 is 0 Å². The van der Waals surface area contributed by atoms with Crippen molar-refractivity contribution in [3.63, 3.8) is 0 Å². The number of aryl methyl sites for hydroxylation is 1. The van der Waals surface area contributed by atoms with Crippen molar-refractivity contribution in [1.29, 1.82) is 0 Å². The van der Waals surface area contributed by atoms with Crippen LogP contribution >= 0.6 is 11.6 Å². The van der Waals surface area contributed by atoms with Crippen molar-refractivity contribution >= 4 is 22.9 Å². The van der Waals surface area contributed by atoms with Gasteiger partial charge in [0.25, 0.3) is 0 Å². The fourth-order valence-corrected chi connectivity index (χ4v) is 2.28. The largest absolute Gasteiger partial charge is 0.376 e. The van der Waals surface area contributed by atoms with E-state index in [4.69, 9.17) is 11.6 Å². The van der Waals surface area contributed by atoms with Crippen LogP contribution in [0.15, 0.2) is 30.5 Å². The third-order valence-electron chi connectivity index (χ3n) is 3.06. The van der Waals surface area contributed by atoms with Crippen molar-refractivity contribution in [2.45, 2.75) is 26.3 Å². The predicted molar refractivity (Wildman–Crippen MR) is 81.4 cm³/mol. The number of pyridine rings is 1. The first kappa shape index (κ1) is 13.8. The molecule has 0 amide bonds. The number of anilines is 1. The normalized spacial score (nSPS) is 11.0. The first-order valence-corrected chi connectivity index (χ1v) is 7.20. The molecule has 3 aromatic rings. The van der Waals surface area contributed by atoms with Crippen molar-refractivity contribution in [3.05, 3.63) is 47.1 Å². The highest BCUT2D eigenvalue weighted by Crippen LogP contribution is 2.20. The van der Waals surface area contributed by atoms with E-state index in [9.17, 15) is 0 Å². The lowest BCUT2D eigenvalue weighted by Gasteiger charge is -2.07. The molecule has 0 fully saturated rings. The molecule has 0 aliphatic rings. The molecule has 3 heterocycles. The Morgan fingerprint density at radius 2 is 2.19 bits per heavy atom. The van der Waals surface area contributed by atoms with Gasteiger partial charge in [0.1, 0.15) is 0 Å². The first-order valence-electron chi connectivity index (χ1n) is 6.82. The van der Waals surface area contributed by atoms with Gasteiger partial charge in [0, 0.05) is 18.7 Å². The smallest absolute Gasteiger partial charge is 0.201 e. The Labute approximate surface area is 127 Å². The summed E-state index contributed by atoms with van der Waals surface area (Å²) in [5.74, 6) is 0.816. The molecule has 0 bridgehead atoms. The van der Waals surface area contributed by atoms with Crippen LogP contribution in [0.25, 0.3) is 5.65 Å². The van der Waals surface area contributed by atoms with E-state index < -0.39 is 0 Å². The quantitative estimate of drug-likeness (QED) is 0.785. The Kier molecular flexibility index (Phi) is 3.96. The zero-order valence-electron chi connectivity index (χ0n) is 11.6. The van der Waals surface area contributed by atoms with E-state index in [0.717, 1.165) is 30.0 Å². The molecule has 21 heavy (non-hydrogen) atoms. The van der Waals surface area contributed by atoms with Crippen molar-refractivity contribution < 1.29 is 0 Å². The second-order valence-corrected chi connectivity index (χ2v) is 5.04.